The normalized spacial score (nSPS) is 14.6. The smallest absolute Gasteiger partial charge is 0.261 e. The van der Waals surface area contributed by atoms with Crippen LogP contribution in [0.25, 0.3) is 17.2 Å². The lowest BCUT2D eigenvalue weighted by Crippen LogP contribution is -2.46. The third kappa shape index (κ3) is 5.46. The van der Waals surface area contributed by atoms with Crippen LogP contribution in [0.2, 0.25) is 0 Å². The van der Waals surface area contributed by atoms with Gasteiger partial charge in [0.25, 0.3) is 17.4 Å². The molecule has 0 saturated carbocycles. The molecule has 1 aliphatic heterocycles. The van der Waals surface area contributed by atoms with Gasteiger partial charge in [0.15, 0.2) is 5.82 Å². The molecule has 0 saturated heterocycles. The van der Waals surface area contributed by atoms with Gasteiger partial charge in [0.05, 0.1) is 17.9 Å². The van der Waals surface area contributed by atoms with Crippen molar-refractivity contribution in [2.45, 2.75) is 52.6 Å². The van der Waals surface area contributed by atoms with E-state index in [1.807, 2.05) is 50.2 Å². The average molecular weight is 615 g/mol. The quantitative estimate of drug-likeness (QED) is 0.323. The van der Waals surface area contributed by atoms with Crippen LogP contribution in [0, 0.1) is 6.92 Å². The van der Waals surface area contributed by atoms with Crippen LogP contribution in [0.15, 0.2) is 69.9 Å². The number of nitrogens with one attached hydrogen (secondary N) is 1. The molecule has 2 amide bonds. The van der Waals surface area contributed by atoms with Gasteiger partial charge in [-0.2, -0.15) is 0 Å². The van der Waals surface area contributed by atoms with Crippen molar-refractivity contribution in [2.75, 3.05) is 7.05 Å². The van der Waals surface area contributed by atoms with Crippen LogP contribution in [0.1, 0.15) is 69.9 Å². The highest BCUT2D eigenvalue weighted by atomic mass is 79.9. The standard InChI is InChI=1S/C32H32BrN5O3/c1-18(2)26-7-6-8-27(35-26)29-36-28-17-37(31(40)22-11-14-25(33)19(3)15-22)20(4)16-24(28)32(41)38(29)23-12-9-21(10-13-23)30(39)34-5/h6-15,18,20H,16-17H2,1-5H3,(H,34,39)/t20-/m1/s1. The van der Waals surface area contributed by atoms with Crippen LogP contribution in [-0.4, -0.2) is 44.3 Å². The number of amides is 2. The monoisotopic (exact) mass is 613 g/mol. The fourth-order valence-corrected chi connectivity index (χ4v) is 5.34. The minimum Gasteiger partial charge on any atom is -0.355 e. The van der Waals surface area contributed by atoms with Crippen molar-refractivity contribution in [1.82, 2.24) is 24.8 Å². The molecule has 8 nitrogen and oxygen atoms in total. The Morgan fingerprint density at radius 3 is 2.39 bits per heavy atom. The van der Waals surface area contributed by atoms with Crippen LogP contribution in [-0.2, 0) is 13.0 Å². The zero-order valence-electron chi connectivity index (χ0n) is 23.7. The number of pyridine rings is 1. The Hall–Kier alpha value is -4.11. The molecule has 0 fully saturated rings. The van der Waals surface area contributed by atoms with E-state index in [9.17, 15) is 14.4 Å². The van der Waals surface area contributed by atoms with Crippen LogP contribution in [0.4, 0.5) is 0 Å². The van der Waals surface area contributed by atoms with Gasteiger partial charge in [0.2, 0.25) is 0 Å². The van der Waals surface area contributed by atoms with Gasteiger partial charge in [0, 0.05) is 39.9 Å². The van der Waals surface area contributed by atoms with Gasteiger partial charge in [-0.25, -0.2) is 9.97 Å². The minimum atomic E-state index is -0.210. The highest BCUT2D eigenvalue weighted by Crippen LogP contribution is 2.28. The summed E-state index contributed by atoms with van der Waals surface area (Å²) in [6, 6.07) is 17.9. The number of fused-ring (bicyclic) bond motifs is 1. The summed E-state index contributed by atoms with van der Waals surface area (Å²) in [4.78, 5) is 51.5. The topological polar surface area (TPSA) is 97.2 Å². The molecule has 2 aromatic carbocycles. The molecule has 5 rings (SSSR count). The predicted octanol–water partition coefficient (Wildman–Crippen LogP) is 5.44. The van der Waals surface area contributed by atoms with E-state index in [-0.39, 0.29) is 35.9 Å². The second kappa shape index (κ2) is 11.4. The molecule has 1 atom stereocenters. The van der Waals surface area contributed by atoms with Gasteiger partial charge in [-0.15, -0.1) is 0 Å². The highest BCUT2D eigenvalue weighted by molar-refractivity contribution is 9.10. The zero-order chi connectivity index (χ0) is 29.4. The van der Waals surface area contributed by atoms with Crippen molar-refractivity contribution < 1.29 is 9.59 Å². The van der Waals surface area contributed by atoms with Crippen molar-refractivity contribution in [2.24, 2.45) is 0 Å². The molecule has 3 heterocycles. The van der Waals surface area contributed by atoms with Crippen molar-refractivity contribution in [3.05, 3.63) is 109 Å². The predicted molar refractivity (Wildman–Crippen MR) is 162 cm³/mol. The summed E-state index contributed by atoms with van der Waals surface area (Å²) in [5.74, 6) is 0.267. The third-order valence-corrected chi connectivity index (χ3v) is 8.38. The largest absolute Gasteiger partial charge is 0.355 e. The van der Waals surface area contributed by atoms with Gasteiger partial charge in [0.1, 0.15) is 5.69 Å². The summed E-state index contributed by atoms with van der Waals surface area (Å²) in [7, 11) is 1.58. The Kier molecular flexibility index (Phi) is 7.91. The van der Waals surface area contributed by atoms with E-state index in [1.165, 1.54) is 0 Å². The zero-order valence-corrected chi connectivity index (χ0v) is 25.3. The summed E-state index contributed by atoms with van der Waals surface area (Å²) in [5, 5.41) is 2.62. The number of hydrogen-bond donors (Lipinski definition) is 1. The summed E-state index contributed by atoms with van der Waals surface area (Å²) in [6.07, 6.45) is 0.373. The summed E-state index contributed by atoms with van der Waals surface area (Å²) < 4.78 is 2.51. The number of carbonyl (C=O) groups excluding carboxylic acids is 2. The lowest BCUT2D eigenvalue weighted by atomic mass is 9.98. The number of aryl methyl sites for hydroxylation is 1. The first kappa shape index (κ1) is 28.4. The molecule has 2 aromatic heterocycles. The maximum Gasteiger partial charge on any atom is 0.261 e. The molecule has 4 aromatic rings. The second-order valence-electron chi connectivity index (χ2n) is 10.7. The van der Waals surface area contributed by atoms with Crippen LogP contribution >= 0.6 is 15.9 Å². The fraction of sp³-hybridized carbons (Fsp3) is 0.281. The van der Waals surface area contributed by atoms with Crippen LogP contribution in [0.3, 0.4) is 0 Å². The van der Waals surface area contributed by atoms with Crippen molar-refractivity contribution in [3.63, 3.8) is 0 Å². The van der Waals surface area contributed by atoms with Gasteiger partial charge < -0.3 is 10.2 Å². The first-order chi connectivity index (χ1) is 19.6. The number of nitrogens with zero attached hydrogens (tertiary/aromatic N) is 4. The third-order valence-electron chi connectivity index (χ3n) is 7.49. The molecule has 210 valence electrons. The maximum absolute atomic E-state index is 14.2. The Bertz CT molecular complexity index is 1710. The van der Waals surface area contributed by atoms with Crippen molar-refractivity contribution >= 4 is 27.7 Å². The van der Waals surface area contributed by atoms with E-state index in [1.54, 1.807) is 40.8 Å². The first-order valence-corrected chi connectivity index (χ1v) is 14.4. The Labute approximate surface area is 247 Å². The summed E-state index contributed by atoms with van der Waals surface area (Å²) in [6.45, 7) is 8.24. The Morgan fingerprint density at radius 1 is 1.02 bits per heavy atom. The number of hydrogen-bond acceptors (Lipinski definition) is 5. The van der Waals surface area contributed by atoms with E-state index in [0.29, 0.717) is 46.0 Å². The maximum atomic E-state index is 14.2. The van der Waals surface area contributed by atoms with Gasteiger partial charge in [-0.1, -0.05) is 35.8 Å². The molecular formula is C32H32BrN5O3. The Balaban J connectivity index is 1.65. The molecule has 1 aliphatic rings. The summed E-state index contributed by atoms with van der Waals surface area (Å²) in [5.41, 5.74) is 5.03. The molecule has 1 N–H and O–H groups in total. The van der Waals surface area contributed by atoms with Crippen LogP contribution < -0.4 is 10.9 Å². The van der Waals surface area contributed by atoms with E-state index in [2.05, 4.69) is 35.1 Å². The number of rotatable bonds is 5. The molecule has 9 heteroatoms. The molecule has 0 aliphatic carbocycles. The summed E-state index contributed by atoms with van der Waals surface area (Å²) >= 11 is 3.50. The molecule has 0 spiro atoms. The number of aromatic nitrogens is 3. The average Bonchev–Trinajstić information content (AvgIpc) is 2.98. The number of halogens is 1. The Morgan fingerprint density at radius 2 is 1.73 bits per heavy atom. The van der Waals surface area contributed by atoms with Gasteiger partial charge in [-0.3, -0.25) is 19.0 Å². The number of benzene rings is 2. The van der Waals surface area contributed by atoms with Crippen molar-refractivity contribution in [1.29, 1.82) is 0 Å². The van der Waals surface area contributed by atoms with E-state index in [0.717, 1.165) is 15.7 Å². The molecule has 41 heavy (non-hydrogen) atoms. The molecule has 0 unspecified atom stereocenters. The van der Waals surface area contributed by atoms with E-state index < -0.39 is 0 Å². The molecular weight excluding hydrogens is 582 g/mol. The molecule has 0 bridgehead atoms. The van der Waals surface area contributed by atoms with Crippen molar-refractivity contribution in [3.8, 4) is 17.2 Å². The lowest BCUT2D eigenvalue weighted by molar-refractivity contribution is 0.0653. The molecule has 0 radical (unpaired) electrons. The van der Waals surface area contributed by atoms with Gasteiger partial charge in [-0.05, 0) is 86.3 Å². The SMILES string of the molecule is CNC(=O)c1ccc(-n2c(-c3cccc(C(C)C)n3)nc3c(c2=O)C[C@@H](C)N(C(=O)c2ccc(Br)c(C)c2)C3)cc1. The van der Waals surface area contributed by atoms with E-state index in [4.69, 9.17) is 9.97 Å². The van der Waals surface area contributed by atoms with Crippen LogP contribution in [0.5, 0.6) is 0 Å². The lowest BCUT2D eigenvalue weighted by Gasteiger charge is -2.34. The second-order valence-corrected chi connectivity index (χ2v) is 11.5. The minimum absolute atomic E-state index is 0.101. The first-order valence-electron chi connectivity index (χ1n) is 13.6. The fourth-order valence-electron chi connectivity index (χ4n) is 5.09. The van der Waals surface area contributed by atoms with Gasteiger partial charge >= 0.3 is 0 Å². The number of carbonyl (C=O) groups is 2. The van der Waals surface area contributed by atoms with E-state index >= 15 is 0 Å². The highest BCUT2D eigenvalue weighted by Gasteiger charge is 2.32.